The predicted molar refractivity (Wildman–Crippen MR) is 96.7 cm³/mol. The third kappa shape index (κ3) is 4.90. The van der Waals surface area contributed by atoms with Crippen LogP contribution >= 0.6 is 0 Å². The normalized spacial score (nSPS) is 12.2. The van der Waals surface area contributed by atoms with E-state index in [9.17, 15) is 9.18 Å². The Balaban J connectivity index is 2.09. The molecule has 0 saturated heterocycles. The summed E-state index contributed by atoms with van der Waals surface area (Å²) in [5, 5.41) is 2.85. The first-order valence-corrected chi connectivity index (χ1v) is 8.19. The maximum atomic E-state index is 14.4. The topological polar surface area (TPSA) is 32.3 Å². The number of halogens is 1. The number of rotatable bonds is 6. The SMILES string of the molecule is Cc1ccc(-c2ccc(C(=O)NC(C)CCN(C)C)c(F)c2)cc1. The molecule has 0 aliphatic rings. The first kappa shape index (κ1) is 18.1. The Morgan fingerprint density at radius 3 is 2.33 bits per heavy atom. The van der Waals surface area contributed by atoms with E-state index in [0.717, 1.165) is 29.7 Å². The van der Waals surface area contributed by atoms with Crippen LogP contribution in [0.15, 0.2) is 42.5 Å². The van der Waals surface area contributed by atoms with Gasteiger partial charge in [0, 0.05) is 6.04 Å². The zero-order valence-electron chi connectivity index (χ0n) is 14.8. The lowest BCUT2D eigenvalue weighted by atomic mass is 10.0. The summed E-state index contributed by atoms with van der Waals surface area (Å²) in [7, 11) is 3.97. The van der Waals surface area contributed by atoms with E-state index in [1.54, 1.807) is 12.1 Å². The molecule has 128 valence electrons. The second-order valence-electron chi connectivity index (χ2n) is 6.53. The maximum Gasteiger partial charge on any atom is 0.254 e. The van der Waals surface area contributed by atoms with Gasteiger partial charge in [-0.3, -0.25) is 4.79 Å². The van der Waals surface area contributed by atoms with Crippen molar-refractivity contribution in [2.24, 2.45) is 0 Å². The fourth-order valence-corrected chi connectivity index (χ4v) is 2.45. The number of hydrogen-bond acceptors (Lipinski definition) is 2. The van der Waals surface area contributed by atoms with Crippen LogP contribution in [0, 0.1) is 12.7 Å². The molecule has 0 radical (unpaired) electrons. The summed E-state index contributed by atoms with van der Waals surface area (Å²) in [6.07, 6.45) is 0.821. The average Bonchev–Trinajstić information content (AvgIpc) is 2.53. The van der Waals surface area contributed by atoms with Gasteiger partial charge in [0.05, 0.1) is 5.56 Å². The van der Waals surface area contributed by atoms with Crippen LogP contribution in [0.2, 0.25) is 0 Å². The minimum absolute atomic E-state index is 0.00363. The van der Waals surface area contributed by atoms with Crippen LogP contribution in [0.1, 0.15) is 29.3 Å². The Morgan fingerprint density at radius 1 is 1.12 bits per heavy atom. The lowest BCUT2D eigenvalue weighted by Gasteiger charge is -2.17. The van der Waals surface area contributed by atoms with Crippen molar-refractivity contribution in [3.8, 4) is 11.1 Å². The second kappa shape index (κ2) is 8.06. The molecular weight excluding hydrogens is 303 g/mol. The molecule has 24 heavy (non-hydrogen) atoms. The van der Waals surface area contributed by atoms with Crippen molar-refractivity contribution in [2.45, 2.75) is 26.3 Å². The van der Waals surface area contributed by atoms with Crippen LogP contribution in [-0.4, -0.2) is 37.5 Å². The van der Waals surface area contributed by atoms with Crippen molar-refractivity contribution in [1.29, 1.82) is 0 Å². The van der Waals surface area contributed by atoms with E-state index in [-0.39, 0.29) is 17.5 Å². The molecule has 3 nitrogen and oxygen atoms in total. The standard InChI is InChI=1S/C20H25FN2O/c1-14-5-7-16(8-6-14)17-9-10-18(19(21)13-17)20(24)22-15(2)11-12-23(3)4/h5-10,13,15H,11-12H2,1-4H3,(H,22,24). The van der Waals surface area contributed by atoms with E-state index < -0.39 is 5.82 Å². The smallest absolute Gasteiger partial charge is 0.254 e. The predicted octanol–water partition coefficient (Wildman–Crippen LogP) is 3.87. The summed E-state index contributed by atoms with van der Waals surface area (Å²) >= 11 is 0. The molecule has 4 heteroatoms. The molecule has 1 amide bonds. The van der Waals surface area contributed by atoms with Crippen molar-refractivity contribution in [3.05, 3.63) is 59.4 Å². The van der Waals surface area contributed by atoms with Crippen LogP contribution in [0.4, 0.5) is 4.39 Å². The Bertz CT molecular complexity index is 695. The molecule has 2 aromatic rings. The monoisotopic (exact) mass is 328 g/mol. The van der Waals surface area contributed by atoms with Gasteiger partial charge in [-0.2, -0.15) is 0 Å². The van der Waals surface area contributed by atoms with Crippen LogP contribution in [0.3, 0.4) is 0 Å². The Kier molecular flexibility index (Phi) is 6.10. The molecule has 0 aliphatic heterocycles. The lowest BCUT2D eigenvalue weighted by molar-refractivity contribution is 0.0932. The molecule has 1 N–H and O–H groups in total. The highest BCUT2D eigenvalue weighted by Gasteiger charge is 2.15. The highest BCUT2D eigenvalue weighted by Crippen LogP contribution is 2.22. The summed E-state index contributed by atoms with van der Waals surface area (Å²) in [5.41, 5.74) is 2.94. The molecule has 0 bridgehead atoms. The van der Waals surface area contributed by atoms with E-state index >= 15 is 0 Å². The molecule has 0 fully saturated rings. The second-order valence-corrected chi connectivity index (χ2v) is 6.53. The maximum absolute atomic E-state index is 14.4. The summed E-state index contributed by atoms with van der Waals surface area (Å²) in [6, 6.07) is 12.6. The molecule has 1 atom stereocenters. The Hall–Kier alpha value is -2.20. The van der Waals surface area contributed by atoms with E-state index in [0.29, 0.717) is 0 Å². The van der Waals surface area contributed by atoms with Crippen LogP contribution in [0.5, 0.6) is 0 Å². The molecule has 0 heterocycles. The van der Waals surface area contributed by atoms with Crippen LogP contribution < -0.4 is 5.32 Å². The summed E-state index contributed by atoms with van der Waals surface area (Å²) < 4.78 is 14.4. The van der Waals surface area contributed by atoms with Gasteiger partial charge >= 0.3 is 0 Å². The van der Waals surface area contributed by atoms with E-state index in [2.05, 4.69) is 10.2 Å². The van der Waals surface area contributed by atoms with Crippen molar-refractivity contribution in [3.63, 3.8) is 0 Å². The summed E-state index contributed by atoms with van der Waals surface area (Å²) in [4.78, 5) is 14.3. The minimum atomic E-state index is -0.495. The Morgan fingerprint density at radius 2 is 1.75 bits per heavy atom. The van der Waals surface area contributed by atoms with Crippen molar-refractivity contribution in [2.75, 3.05) is 20.6 Å². The summed E-state index contributed by atoms with van der Waals surface area (Å²) in [6.45, 7) is 4.81. The van der Waals surface area contributed by atoms with Gasteiger partial charge in [0.2, 0.25) is 0 Å². The first-order valence-electron chi connectivity index (χ1n) is 8.19. The molecule has 1 unspecified atom stereocenters. The molecule has 2 rings (SSSR count). The molecule has 2 aromatic carbocycles. The van der Waals surface area contributed by atoms with Gasteiger partial charge in [0.1, 0.15) is 5.82 Å². The fraction of sp³-hybridized carbons (Fsp3) is 0.350. The van der Waals surface area contributed by atoms with Gasteiger partial charge in [-0.05, 0) is 64.2 Å². The number of amides is 1. The van der Waals surface area contributed by atoms with E-state index in [1.165, 1.54) is 6.07 Å². The number of carbonyl (C=O) groups is 1. The number of nitrogens with one attached hydrogen (secondary N) is 1. The van der Waals surface area contributed by atoms with E-state index in [1.807, 2.05) is 52.2 Å². The van der Waals surface area contributed by atoms with Gasteiger partial charge < -0.3 is 10.2 Å². The minimum Gasteiger partial charge on any atom is -0.349 e. The average molecular weight is 328 g/mol. The zero-order chi connectivity index (χ0) is 17.7. The molecule has 0 saturated carbocycles. The van der Waals surface area contributed by atoms with Gasteiger partial charge in [0.25, 0.3) is 5.91 Å². The highest BCUT2D eigenvalue weighted by atomic mass is 19.1. The van der Waals surface area contributed by atoms with Crippen molar-refractivity contribution in [1.82, 2.24) is 10.2 Å². The quantitative estimate of drug-likeness (QED) is 0.873. The number of hydrogen-bond donors (Lipinski definition) is 1. The number of aryl methyl sites for hydroxylation is 1. The number of benzene rings is 2. The van der Waals surface area contributed by atoms with Gasteiger partial charge in [-0.25, -0.2) is 4.39 Å². The van der Waals surface area contributed by atoms with Gasteiger partial charge in [-0.15, -0.1) is 0 Å². The van der Waals surface area contributed by atoms with Gasteiger partial charge in [-0.1, -0.05) is 35.9 Å². The van der Waals surface area contributed by atoms with Crippen molar-refractivity contribution >= 4 is 5.91 Å². The molecule has 0 aromatic heterocycles. The van der Waals surface area contributed by atoms with Crippen molar-refractivity contribution < 1.29 is 9.18 Å². The third-order valence-corrected chi connectivity index (χ3v) is 3.99. The highest BCUT2D eigenvalue weighted by molar-refractivity contribution is 5.95. The number of carbonyl (C=O) groups excluding carboxylic acids is 1. The number of nitrogens with zero attached hydrogens (tertiary/aromatic N) is 1. The van der Waals surface area contributed by atoms with Crippen LogP contribution in [-0.2, 0) is 0 Å². The first-order chi connectivity index (χ1) is 11.4. The third-order valence-electron chi connectivity index (χ3n) is 3.99. The van der Waals surface area contributed by atoms with E-state index in [4.69, 9.17) is 0 Å². The lowest BCUT2D eigenvalue weighted by Crippen LogP contribution is -2.35. The van der Waals surface area contributed by atoms with Crippen LogP contribution in [0.25, 0.3) is 11.1 Å². The molecular formula is C20H25FN2O. The zero-order valence-corrected chi connectivity index (χ0v) is 14.8. The largest absolute Gasteiger partial charge is 0.349 e. The summed E-state index contributed by atoms with van der Waals surface area (Å²) in [5.74, 6) is -0.861. The molecule has 0 aliphatic carbocycles. The van der Waals surface area contributed by atoms with Gasteiger partial charge in [0.15, 0.2) is 0 Å². The Labute approximate surface area is 143 Å². The molecule has 0 spiro atoms. The fourth-order valence-electron chi connectivity index (χ4n) is 2.45.